The van der Waals surface area contributed by atoms with Crippen molar-refractivity contribution in [3.05, 3.63) is 162 Å². The Morgan fingerprint density at radius 2 is 1.10 bits per heavy atom. The molecule has 8 heteroatoms. The van der Waals surface area contributed by atoms with E-state index in [0.717, 1.165) is 76.7 Å². The highest BCUT2D eigenvalue weighted by atomic mass is 32.1. The van der Waals surface area contributed by atoms with Crippen LogP contribution in [0.15, 0.2) is 122 Å². The average molecular weight is 677 g/mol. The second-order valence-corrected chi connectivity index (χ2v) is 12.9. The topological polar surface area (TPSA) is 80.2 Å². The largest absolute Gasteiger partial charge is 0.354 e. The molecule has 0 aliphatic carbocycles. The van der Waals surface area contributed by atoms with Crippen molar-refractivity contribution >= 4 is 56.1 Å². The zero-order chi connectivity index (χ0) is 34.1. The Morgan fingerprint density at radius 1 is 0.510 bits per heavy atom. The molecule has 0 saturated carbocycles. The lowest BCUT2D eigenvalue weighted by molar-refractivity contribution is 0.628. The van der Waals surface area contributed by atoms with Gasteiger partial charge in [-0.05, 0) is 109 Å². The molecule has 2 aliphatic rings. The Labute approximate surface area is 296 Å². The third-order valence-electron chi connectivity index (χ3n) is 8.58. The van der Waals surface area contributed by atoms with Crippen molar-refractivity contribution in [2.75, 3.05) is 0 Å². The van der Waals surface area contributed by atoms with Crippen molar-refractivity contribution in [2.45, 2.75) is 0 Å². The fraction of sp³-hybridized carbons (Fsp3) is 0. The number of benzene rings is 1. The molecule has 1 aromatic carbocycles. The van der Waals surface area contributed by atoms with E-state index in [2.05, 4.69) is 33.9 Å². The summed E-state index contributed by atoms with van der Waals surface area (Å²) in [6.07, 6.45) is 13.3. The first-order valence-corrected chi connectivity index (χ1v) is 17.1. The molecule has 0 radical (unpaired) electrons. The molecule has 9 rings (SSSR count). The molecule has 51 heavy (non-hydrogen) atoms. The molecule has 8 heterocycles. The van der Waals surface area contributed by atoms with Gasteiger partial charge in [-0.25, -0.2) is 19.3 Å². The van der Waals surface area contributed by atoms with Gasteiger partial charge in [-0.1, -0.05) is 36.3 Å². The van der Waals surface area contributed by atoms with Crippen molar-refractivity contribution < 1.29 is 4.39 Å². The Kier molecular flexibility index (Phi) is 7.65. The highest BCUT2D eigenvalue weighted by Crippen LogP contribution is 2.39. The number of hydrogen-bond donors (Lipinski definition) is 1. The first-order valence-electron chi connectivity index (χ1n) is 16.3. The van der Waals surface area contributed by atoms with E-state index in [0.29, 0.717) is 11.4 Å². The van der Waals surface area contributed by atoms with E-state index in [9.17, 15) is 4.39 Å². The summed E-state index contributed by atoms with van der Waals surface area (Å²) < 4.78 is 16.2. The van der Waals surface area contributed by atoms with Gasteiger partial charge in [-0.2, -0.15) is 0 Å². The number of hydrogen-bond acceptors (Lipinski definition) is 6. The van der Waals surface area contributed by atoms with Crippen molar-refractivity contribution in [1.82, 2.24) is 29.9 Å². The second-order valence-electron chi connectivity index (χ2n) is 11.8. The smallest absolute Gasteiger partial charge is 0.123 e. The molecule has 1 N–H and O–H groups in total. The number of rotatable bonds is 3. The summed E-state index contributed by atoms with van der Waals surface area (Å²) in [6, 6.07) is 32.2. The summed E-state index contributed by atoms with van der Waals surface area (Å²) in [5.41, 5.74) is 11.0. The van der Waals surface area contributed by atoms with Crippen LogP contribution >= 0.6 is 11.3 Å². The Bertz CT molecular complexity index is 2700. The van der Waals surface area contributed by atoms with Gasteiger partial charge in [0.1, 0.15) is 11.5 Å². The monoisotopic (exact) mass is 676 g/mol. The van der Waals surface area contributed by atoms with Gasteiger partial charge in [0.15, 0.2) is 0 Å². The molecule has 0 fully saturated rings. The average Bonchev–Trinajstić information content (AvgIpc) is 4.01. The van der Waals surface area contributed by atoms with Crippen LogP contribution in [-0.2, 0) is 0 Å². The SMILES string of the molecule is Fc1ccc(-c2c3nc(c(-c4ccccn4)c4ccc([nH]4)c(C#Cc4ccccn4)c4nc(c(-c5ccccn5)c5ccc2s5)C=C4)C=C3)cc1. The lowest BCUT2D eigenvalue weighted by Crippen LogP contribution is -1.90. The standard InChI is InChI=1S/C43H25FN6S/c44-28-12-10-27(11-13-28)41-35-20-21-37(50-35)42(33-8-2-5-25-46-33)36-18-16-31(48-36)30(15-14-29-7-1-4-24-45-29)32-17-19-38(49-32)43(34-9-3-6-26-47-34)40-23-22-39(41)51-40/h1-13,16-26,48H. The number of aromatic amines is 1. The molecule has 240 valence electrons. The molecule has 0 amide bonds. The van der Waals surface area contributed by atoms with E-state index in [1.807, 2.05) is 91.0 Å². The van der Waals surface area contributed by atoms with E-state index >= 15 is 0 Å². The van der Waals surface area contributed by atoms with Crippen LogP contribution in [0.4, 0.5) is 4.39 Å². The van der Waals surface area contributed by atoms with Crippen molar-refractivity contribution in [1.29, 1.82) is 0 Å². The summed E-state index contributed by atoms with van der Waals surface area (Å²) in [4.78, 5) is 28.0. The maximum absolute atomic E-state index is 14.2. The van der Waals surface area contributed by atoms with Gasteiger partial charge in [0.05, 0.1) is 50.8 Å². The Morgan fingerprint density at radius 3 is 1.78 bits per heavy atom. The second kappa shape index (κ2) is 12.9. The fourth-order valence-electron chi connectivity index (χ4n) is 6.25. The number of aromatic nitrogens is 6. The van der Waals surface area contributed by atoms with Crippen molar-refractivity contribution in [2.24, 2.45) is 0 Å². The van der Waals surface area contributed by atoms with Gasteiger partial charge >= 0.3 is 0 Å². The quantitative estimate of drug-likeness (QED) is 0.189. The summed E-state index contributed by atoms with van der Waals surface area (Å²) in [7, 11) is 0. The van der Waals surface area contributed by atoms with Crippen LogP contribution in [-0.4, -0.2) is 29.9 Å². The van der Waals surface area contributed by atoms with Crippen LogP contribution in [0.2, 0.25) is 0 Å². The lowest BCUT2D eigenvalue weighted by Gasteiger charge is -2.05. The van der Waals surface area contributed by atoms with Crippen LogP contribution < -0.4 is 0 Å². The van der Waals surface area contributed by atoms with Gasteiger partial charge in [0.25, 0.3) is 0 Å². The maximum Gasteiger partial charge on any atom is 0.123 e. The minimum Gasteiger partial charge on any atom is -0.354 e. The summed E-state index contributed by atoms with van der Waals surface area (Å²) >= 11 is 1.62. The Hall–Kier alpha value is -6.82. The number of H-pyrrole nitrogens is 1. The zero-order valence-electron chi connectivity index (χ0n) is 26.9. The lowest BCUT2D eigenvalue weighted by atomic mass is 10.0. The van der Waals surface area contributed by atoms with E-state index < -0.39 is 0 Å². The van der Waals surface area contributed by atoms with Crippen molar-refractivity contribution in [3.63, 3.8) is 0 Å². The predicted molar refractivity (Wildman–Crippen MR) is 204 cm³/mol. The fourth-order valence-corrected chi connectivity index (χ4v) is 7.40. The first-order chi connectivity index (χ1) is 25.2. The first kappa shape index (κ1) is 30.3. The van der Waals surface area contributed by atoms with Gasteiger partial charge in [-0.15, -0.1) is 11.3 Å². The number of nitrogens with one attached hydrogen (secondary N) is 1. The maximum atomic E-state index is 14.2. The summed E-state index contributed by atoms with van der Waals surface area (Å²) in [5.74, 6) is 6.33. The predicted octanol–water partition coefficient (Wildman–Crippen LogP) is 10.1. The van der Waals surface area contributed by atoms with E-state index in [4.69, 9.17) is 19.9 Å². The van der Waals surface area contributed by atoms with Crippen LogP contribution in [0.3, 0.4) is 0 Å². The van der Waals surface area contributed by atoms with E-state index in [1.165, 1.54) is 12.1 Å². The van der Waals surface area contributed by atoms with Crippen molar-refractivity contribution in [3.8, 4) is 45.5 Å². The number of nitrogens with zero attached hydrogens (tertiary/aromatic N) is 5. The van der Waals surface area contributed by atoms with E-state index in [-0.39, 0.29) is 5.82 Å². The minimum atomic E-state index is -0.298. The number of pyridine rings is 3. The molecular weight excluding hydrogens is 652 g/mol. The highest BCUT2D eigenvalue weighted by molar-refractivity contribution is 7.24. The third kappa shape index (κ3) is 5.82. The van der Waals surface area contributed by atoms with Gasteiger partial charge in [0.2, 0.25) is 0 Å². The molecular formula is C43H25FN6S. The molecule has 2 aliphatic heterocycles. The molecule has 6 nitrogen and oxygen atoms in total. The molecule has 8 bridgehead atoms. The van der Waals surface area contributed by atoms with E-state index in [1.54, 1.807) is 42.1 Å². The van der Waals surface area contributed by atoms with Crippen LogP contribution in [0.5, 0.6) is 0 Å². The molecule has 0 atom stereocenters. The molecule has 7 aromatic rings. The molecule has 0 spiro atoms. The minimum absolute atomic E-state index is 0.298. The Balaban J connectivity index is 1.45. The molecule has 6 aromatic heterocycles. The van der Waals surface area contributed by atoms with Gasteiger partial charge in [-0.3, -0.25) is 9.97 Å². The number of halogens is 1. The zero-order valence-corrected chi connectivity index (χ0v) is 27.7. The third-order valence-corrected chi connectivity index (χ3v) is 9.70. The van der Waals surface area contributed by atoms with Crippen LogP contribution in [0.1, 0.15) is 34.0 Å². The van der Waals surface area contributed by atoms with Gasteiger partial charge < -0.3 is 4.98 Å². The number of fused-ring (bicyclic) bond motifs is 8. The van der Waals surface area contributed by atoms with Gasteiger partial charge in [0, 0.05) is 44.7 Å². The summed E-state index contributed by atoms with van der Waals surface area (Å²) in [5, 5.41) is 0. The normalized spacial score (nSPS) is 11.7. The summed E-state index contributed by atoms with van der Waals surface area (Å²) in [6.45, 7) is 0. The molecule has 0 saturated heterocycles. The number of thiophene rings is 1. The van der Waals surface area contributed by atoms with Crippen LogP contribution in [0.25, 0.3) is 78.4 Å². The molecule has 0 unspecified atom stereocenters. The van der Waals surface area contributed by atoms with Crippen LogP contribution in [0, 0.1) is 17.7 Å². The highest BCUT2D eigenvalue weighted by Gasteiger charge is 2.18.